The molecule has 1 saturated carbocycles. The molecule has 1 amide bonds. The molecule has 0 aromatic heterocycles. The summed E-state index contributed by atoms with van der Waals surface area (Å²) >= 11 is 0. The predicted octanol–water partition coefficient (Wildman–Crippen LogP) is 2.81. The number of amides is 1. The van der Waals surface area contributed by atoms with Gasteiger partial charge in [-0.25, -0.2) is 0 Å². The fourth-order valence-electron chi connectivity index (χ4n) is 2.92. The second kappa shape index (κ2) is 7.66. The normalized spacial score (nSPS) is 17.7. The Morgan fingerprint density at radius 2 is 2.10 bits per heavy atom. The van der Waals surface area contributed by atoms with Crippen molar-refractivity contribution in [3.8, 4) is 5.75 Å². The van der Waals surface area contributed by atoms with Crippen molar-refractivity contribution in [3.63, 3.8) is 0 Å². The van der Waals surface area contributed by atoms with Crippen LogP contribution in [0.15, 0.2) is 24.3 Å². The van der Waals surface area contributed by atoms with Crippen molar-refractivity contribution < 1.29 is 9.53 Å². The Bertz CT molecular complexity index is 473. The molecule has 1 unspecified atom stereocenters. The molecule has 4 nitrogen and oxygen atoms in total. The molecule has 0 saturated heterocycles. The van der Waals surface area contributed by atoms with Crippen LogP contribution in [0.25, 0.3) is 0 Å². The standard InChI is InChI=1S/C16H24N2O2.ClH/c1-12(13-6-5-7-14(10-13)20-2)18-15(19)16(11-17)8-3-4-9-16;/h5-7,10,12H,3-4,8-9,11,17H2,1-2H3,(H,18,19);1H. The summed E-state index contributed by atoms with van der Waals surface area (Å²) in [6.45, 7) is 2.43. The maximum atomic E-state index is 12.5. The van der Waals surface area contributed by atoms with Crippen LogP contribution in [0.4, 0.5) is 0 Å². The number of carbonyl (C=O) groups excluding carboxylic acids is 1. The lowest BCUT2D eigenvalue weighted by Gasteiger charge is -2.28. The van der Waals surface area contributed by atoms with Crippen LogP contribution in [-0.2, 0) is 4.79 Å². The molecule has 1 fully saturated rings. The van der Waals surface area contributed by atoms with Crippen molar-refractivity contribution in [2.45, 2.75) is 38.6 Å². The number of hydrogen-bond acceptors (Lipinski definition) is 3. The van der Waals surface area contributed by atoms with E-state index in [1.54, 1.807) is 7.11 Å². The lowest BCUT2D eigenvalue weighted by molar-refractivity contribution is -0.131. The Morgan fingerprint density at radius 3 is 2.67 bits per heavy atom. The maximum absolute atomic E-state index is 12.5. The van der Waals surface area contributed by atoms with E-state index in [4.69, 9.17) is 10.5 Å². The Balaban J connectivity index is 0.00000220. The minimum absolute atomic E-state index is 0. The average molecular weight is 313 g/mol. The number of halogens is 1. The Hall–Kier alpha value is -1.26. The second-order valence-electron chi connectivity index (χ2n) is 5.66. The summed E-state index contributed by atoms with van der Waals surface area (Å²) in [5, 5.41) is 3.11. The fraction of sp³-hybridized carbons (Fsp3) is 0.562. The highest BCUT2D eigenvalue weighted by Crippen LogP contribution is 2.37. The van der Waals surface area contributed by atoms with Gasteiger partial charge in [-0.2, -0.15) is 0 Å². The van der Waals surface area contributed by atoms with E-state index < -0.39 is 0 Å². The molecular weight excluding hydrogens is 288 g/mol. The zero-order valence-electron chi connectivity index (χ0n) is 12.7. The number of carbonyl (C=O) groups is 1. The van der Waals surface area contributed by atoms with Crippen LogP contribution < -0.4 is 15.8 Å². The van der Waals surface area contributed by atoms with E-state index in [0.717, 1.165) is 37.0 Å². The molecule has 0 aliphatic heterocycles. The highest BCUT2D eigenvalue weighted by atomic mass is 35.5. The summed E-state index contributed by atoms with van der Waals surface area (Å²) in [5.41, 5.74) is 6.54. The highest BCUT2D eigenvalue weighted by molar-refractivity contribution is 5.85. The van der Waals surface area contributed by atoms with Gasteiger partial charge in [-0.15, -0.1) is 12.4 Å². The predicted molar refractivity (Wildman–Crippen MR) is 86.8 cm³/mol. The summed E-state index contributed by atoms with van der Waals surface area (Å²) in [5.74, 6) is 0.894. The minimum Gasteiger partial charge on any atom is -0.497 e. The number of ether oxygens (including phenoxy) is 1. The Kier molecular flexibility index (Phi) is 6.49. The van der Waals surface area contributed by atoms with Gasteiger partial charge in [0.15, 0.2) is 0 Å². The summed E-state index contributed by atoms with van der Waals surface area (Å²) in [6.07, 6.45) is 4.00. The molecule has 118 valence electrons. The van der Waals surface area contributed by atoms with Gasteiger partial charge in [0.05, 0.1) is 18.6 Å². The van der Waals surface area contributed by atoms with Crippen LogP contribution in [0, 0.1) is 5.41 Å². The van der Waals surface area contributed by atoms with Crippen LogP contribution >= 0.6 is 12.4 Å². The van der Waals surface area contributed by atoms with E-state index in [0.29, 0.717) is 6.54 Å². The first-order valence-corrected chi connectivity index (χ1v) is 7.26. The number of rotatable bonds is 5. The monoisotopic (exact) mass is 312 g/mol. The van der Waals surface area contributed by atoms with Gasteiger partial charge in [0.2, 0.25) is 5.91 Å². The first-order chi connectivity index (χ1) is 9.61. The van der Waals surface area contributed by atoms with Crippen LogP contribution in [0.2, 0.25) is 0 Å². The number of methoxy groups -OCH3 is 1. The van der Waals surface area contributed by atoms with Crippen molar-refractivity contribution in [1.29, 1.82) is 0 Å². The molecular formula is C16H25ClN2O2. The molecule has 2 rings (SSSR count). The minimum atomic E-state index is -0.354. The van der Waals surface area contributed by atoms with Gasteiger partial charge < -0.3 is 15.8 Å². The van der Waals surface area contributed by atoms with E-state index in [-0.39, 0.29) is 29.8 Å². The zero-order chi connectivity index (χ0) is 14.6. The summed E-state index contributed by atoms with van der Waals surface area (Å²) in [7, 11) is 1.64. The van der Waals surface area contributed by atoms with Gasteiger partial charge >= 0.3 is 0 Å². The molecule has 0 bridgehead atoms. The van der Waals surface area contributed by atoms with Gasteiger partial charge in [0.1, 0.15) is 5.75 Å². The van der Waals surface area contributed by atoms with E-state index in [1.807, 2.05) is 31.2 Å². The van der Waals surface area contributed by atoms with Crippen LogP contribution in [0.1, 0.15) is 44.2 Å². The van der Waals surface area contributed by atoms with Gasteiger partial charge in [-0.05, 0) is 37.5 Å². The molecule has 21 heavy (non-hydrogen) atoms. The molecule has 1 aromatic rings. The fourth-order valence-corrected chi connectivity index (χ4v) is 2.92. The first kappa shape index (κ1) is 17.8. The van der Waals surface area contributed by atoms with E-state index in [9.17, 15) is 4.79 Å². The van der Waals surface area contributed by atoms with Crippen molar-refractivity contribution in [3.05, 3.63) is 29.8 Å². The van der Waals surface area contributed by atoms with Gasteiger partial charge in [0.25, 0.3) is 0 Å². The largest absolute Gasteiger partial charge is 0.497 e. The number of nitrogens with two attached hydrogens (primary N) is 1. The molecule has 1 aromatic carbocycles. The van der Waals surface area contributed by atoms with E-state index in [1.165, 1.54) is 0 Å². The third-order valence-corrected chi connectivity index (χ3v) is 4.37. The second-order valence-corrected chi connectivity index (χ2v) is 5.66. The molecule has 5 heteroatoms. The lowest BCUT2D eigenvalue weighted by Crippen LogP contribution is -2.44. The van der Waals surface area contributed by atoms with Gasteiger partial charge in [0, 0.05) is 6.54 Å². The van der Waals surface area contributed by atoms with Crippen molar-refractivity contribution >= 4 is 18.3 Å². The third kappa shape index (κ3) is 3.89. The molecule has 0 spiro atoms. The average Bonchev–Trinajstić information content (AvgIpc) is 2.97. The van der Waals surface area contributed by atoms with Crippen LogP contribution in [0.5, 0.6) is 5.75 Å². The molecule has 1 aliphatic rings. The van der Waals surface area contributed by atoms with E-state index in [2.05, 4.69) is 5.32 Å². The quantitative estimate of drug-likeness (QED) is 0.878. The van der Waals surface area contributed by atoms with Crippen molar-refractivity contribution in [1.82, 2.24) is 5.32 Å². The van der Waals surface area contributed by atoms with Crippen molar-refractivity contribution in [2.75, 3.05) is 13.7 Å². The van der Waals surface area contributed by atoms with Crippen LogP contribution in [-0.4, -0.2) is 19.6 Å². The number of nitrogens with one attached hydrogen (secondary N) is 1. The highest BCUT2D eigenvalue weighted by Gasteiger charge is 2.40. The molecule has 0 heterocycles. The lowest BCUT2D eigenvalue weighted by atomic mass is 9.85. The summed E-state index contributed by atoms with van der Waals surface area (Å²) < 4.78 is 5.22. The topological polar surface area (TPSA) is 64.3 Å². The Morgan fingerprint density at radius 1 is 1.43 bits per heavy atom. The summed E-state index contributed by atoms with van der Waals surface area (Å²) in [4.78, 5) is 12.5. The van der Waals surface area contributed by atoms with Crippen molar-refractivity contribution in [2.24, 2.45) is 11.1 Å². The van der Waals surface area contributed by atoms with Crippen LogP contribution in [0.3, 0.4) is 0 Å². The molecule has 1 aliphatic carbocycles. The SMILES string of the molecule is COc1cccc(C(C)NC(=O)C2(CN)CCCC2)c1.Cl. The zero-order valence-corrected chi connectivity index (χ0v) is 13.5. The van der Waals surface area contributed by atoms with E-state index >= 15 is 0 Å². The smallest absolute Gasteiger partial charge is 0.227 e. The number of benzene rings is 1. The Labute approximate surface area is 132 Å². The van der Waals surface area contributed by atoms with Gasteiger partial charge in [-0.3, -0.25) is 4.79 Å². The maximum Gasteiger partial charge on any atom is 0.227 e. The third-order valence-electron chi connectivity index (χ3n) is 4.37. The molecule has 1 atom stereocenters. The molecule has 0 radical (unpaired) electrons. The van der Waals surface area contributed by atoms with Gasteiger partial charge in [-0.1, -0.05) is 25.0 Å². The first-order valence-electron chi connectivity index (χ1n) is 7.26. The summed E-state index contributed by atoms with van der Waals surface area (Å²) in [6, 6.07) is 7.74. The number of hydrogen-bond donors (Lipinski definition) is 2. The molecule has 3 N–H and O–H groups in total.